The van der Waals surface area contributed by atoms with Crippen LogP contribution in [0.4, 0.5) is 25.0 Å². The predicted octanol–water partition coefficient (Wildman–Crippen LogP) is 2.81. The summed E-state index contributed by atoms with van der Waals surface area (Å²) in [6.07, 6.45) is 0.955. The third-order valence-electron chi connectivity index (χ3n) is 4.80. The molecule has 0 radical (unpaired) electrons. The third-order valence-corrected chi connectivity index (χ3v) is 5.74. The smallest absolute Gasteiger partial charge is 0.449 e. The van der Waals surface area contributed by atoms with Gasteiger partial charge in [0.25, 0.3) is 0 Å². The molecule has 1 aromatic carbocycles. The van der Waals surface area contributed by atoms with E-state index >= 15 is 4.39 Å². The van der Waals surface area contributed by atoms with Crippen LogP contribution < -0.4 is 20.8 Å². The van der Waals surface area contributed by atoms with Gasteiger partial charge >= 0.3 is 6.16 Å². The van der Waals surface area contributed by atoms with Gasteiger partial charge in [0.05, 0.1) is 22.8 Å². The molecule has 2 fully saturated rings. The molecule has 144 valence electrons. The van der Waals surface area contributed by atoms with E-state index < -0.39 is 34.7 Å². The lowest BCUT2D eigenvalue weighted by Crippen LogP contribution is -2.34. The number of fused-ring (bicyclic) bond motifs is 1. The third kappa shape index (κ3) is 2.97. The average Bonchev–Trinajstić information content (AvgIpc) is 3.47. The van der Waals surface area contributed by atoms with Crippen molar-refractivity contribution in [1.82, 2.24) is 4.57 Å². The topological polar surface area (TPSA) is 97.8 Å². The highest BCUT2D eigenvalue weighted by Crippen LogP contribution is 2.42. The number of hydrogen-bond acceptors (Lipinski definition) is 6. The minimum Gasteiger partial charge on any atom is -0.449 e. The van der Waals surface area contributed by atoms with Gasteiger partial charge in [0, 0.05) is 30.6 Å². The number of carboxylic acid groups (broad SMARTS) is 1. The number of thioether (sulfide) groups is 1. The van der Waals surface area contributed by atoms with Crippen LogP contribution in [0.15, 0.2) is 11.0 Å². The van der Waals surface area contributed by atoms with E-state index in [1.54, 1.807) is 16.7 Å². The molecule has 2 aromatic rings. The minimum absolute atomic E-state index is 0.104. The second kappa shape index (κ2) is 6.59. The number of ether oxygens (including phenoxy) is 1. The Balaban J connectivity index is 2.04. The van der Waals surface area contributed by atoms with Crippen molar-refractivity contribution in [1.29, 1.82) is 0 Å². The second-order valence-electron chi connectivity index (χ2n) is 6.54. The zero-order valence-corrected chi connectivity index (χ0v) is 15.0. The molecular weight excluding hydrogens is 380 g/mol. The summed E-state index contributed by atoms with van der Waals surface area (Å²) in [4.78, 5) is 25.1. The lowest BCUT2D eigenvalue weighted by molar-refractivity contribution is 0.143. The quantitative estimate of drug-likeness (QED) is 0.607. The molecule has 2 aliphatic rings. The molecule has 27 heavy (non-hydrogen) atoms. The van der Waals surface area contributed by atoms with Gasteiger partial charge < -0.3 is 25.0 Å². The summed E-state index contributed by atoms with van der Waals surface area (Å²) in [5.74, 6) is -0.905. The van der Waals surface area contributed by atoms with Crippen LogP contribution in [-0.4, -0.2) is 40.4 Å². The Morgan fingerprint density at radius 1 is 1.26 bits per heavy atom. The van der Waals surface area contributed by atoms with Gasteiger partial charge in [0.2, 0.25) is 5.43 Å². The van der Waals surface area contributed by atoms with Crippen molar-refractivity contribution in [3.8, 4) is 5.75 Å². The zero-order valence-electron chi connectivity index (χ0n) is 14.2. The number of aromatic nitrogens is 1. The maximum atomic E-state index is 15.5. The van der Waals surface area contributed by atoms with E-state index in [0.717, 1.165) is 24.3 Å². The van der Waals surface area contributed by atoms with Crippen molar-refractivity contribution >= 4 is 40.2 Å². The van der Waals surface area contributed by atoms with Crippen LogP contribution in [0.25, 0.3) is 10.9 Å². The van der Waals surface area contributed by atoms with E-state index in [9.17, 15) is 14.0 Å². The molecule has 0 bridgehead atoms. The monoisotopic (exact) mass is 397 g/mol. The first-order valence-corrected chi connectivity index (χ1v) is 9.64. The van der Waals surface area contributed by atoms with Gasteiger partial charge in [-0.25, -0.2) is 13.6 Å². The number of carbonyl (C=O) groups is 1. The number of nitrogens with two attached hydrogens (primary N) is 1. The normalized spacial score (nSPS) is 17.3. The van der Waals surface area contributed by atoms with Crippen LogP contribution in [-0.2, 0) is 0 Å². The van der Waals surface area contributed by atoms with Crippen molar-refractivity contribution in [2.24, 2.45) is 0 Å². The van der Waals surface area contributed by atoms with E-state index in [1.165, 1.54) is 10.8 Å². The largest absolute Gasteiger partial charge is 0.511 e. The maximum Gasteiger partial charge on any atom is 0.511 e. The molecule has 3 N–H and O–H groups in total. The summed E-state index contributed by atoms with van der Waals surface area (Å²) in [6, 6.07) is -0.117. The molecule has 1 saturated heterocycles. The van der Waals surface area contributed by atoms with E-state index in [2.05, 4.69) is 4.74 Å². The van der Waals surface area contributed by atoms with Crippen molar-refractivity contribution in [2.45, 2.75) is 18.9 Å². The Morgan fingerprint density at radius 3 is 2.52 bits per heavy atom. The van der Waals surface area contributed by atoms with Crippen LogP contribution in [0, 0.1) is 11.6 Å². The molecule has 1 aliphatic carbocycles. The zero-order chi connectivity index (χ0) is 19.3. The highest BCUT2D eigenvalue weighted by Gasteiger charge is 2.32. The number of halogens is 2. The van der Waals surface area contributed by atoms with Gasteiger partial charge in [0.1, 0.15) is 5.69 Å². The van der Waals surface area contributed by atoms with Gasteiger partial charge in [-0.3, -0.25) is 4.79 Å². The van der Waals surface area contributed by atoms with E-state index in [1.807, 2.05) is 0 Å². The Bertz CT molecular complexity index is 1000. The number of anilines is 2. The van der Waals surface area contributed by atoms with Gasteiger partial charge in [-0.1, -0.05) is 0 Å². The number of pyridine rings is 1. The van der Waals surface area contributed by atoms with Crippen molar-refractivity contribution in [2.75, 3.05) is 35.2 Å². The molecule has 4 rings (SSSR count). The molecule has 7 nitrogen and oxygen atoms in total. The fraction of sp³-hybridized carbons (Fsp3) is 0.412. The summed E-state index contributed by atoms with van der Waals surface area (Å²) < 4.78 is 36.4. The summed E-state index contributed by atoms with van der Waals surface area (Å²) in [5, 5.41) is 8.46. The summed E-state index contributed by atoms with van der Waals surface area (Å²) >= 11 is 1.70. The Kier molecular flexibility index (Phi) is 4.37. The van der Waals surface area contributed by atoms with E-state index in [4.69, 9.17) is 10.8 Å². The van der Waals surface area contributed by atoms with E-state index in [0.29, 0.717) is 13.1 Å². The molecule has 1 aromatic heterocycles. The van der Waals surface area contributed by atoms with Crippen LogP contribution in [0.3, 0.4) is 0 Å². The van der Waals surface area contributed by atoms with Crippen LogP contribution >= 0.6 is 11.8 Å². The first-order chi connectivity index (χ1) is 12.9. The molecule has 0 atom stereocenters. The molecular formula is C17H17F2N3O4S. The predicted molar refractivity (Wildman–Crippen MR) is 99.0 cm³/mol. The molecule has 2 heterocycles. The fourth-order valence-electron chi connectivity index (χ4n) is 3.40. The number of hydrogen-bond donors (Lipinski definition) is 2. The summed E-state index contributed by atoms with van der Waals surface area (Å²) in [5.41, 5.74) is 4.12. The van der Waals surface area contributed by atoms with Gasteiger partial charge in [-0.15, -0.1) is 0 Å². The average molecular weight is 397 g/mol. The molecule has 1 saturated carbocycles. The maximum absolute atomic E-state index is 15.5. The SMILES string of the molecule is Nc1c(F)c(N2CCSCC2)c(F)c2c1c(=O)c(OC(=O)O)cn2C1CC1. The molecule has 0 amide bonds. The second-order valence-corrected chi connectivity index (χ2v) is 7.77. The number of nitrogens with zero attached hydrogens (tertiary/aromatic N) is 2. The van der Waals surface area contributed by atoms with Gasteiger partial charge in [-0.05, 0) is 12.8 Å². The van der Waals surface area contributed by atoms with Crippen molar-refractivity contribution < 1.29 is 23.4 Å². The van der Waals surface area contributed by atoms with E-state index in [-0.39, 0.29) is 22.6 Å². The molecule has 0 spiro atoms. The highest BCUT2D eigenvalue weighted by atomic mass is 32.2. The Labute approximate surface area is 156 Å². The Hall–Kier alpha value is -2.49. The highest BCUT2D eigenvalue weighted by molar-refractivity contribution is 7.99. The molecule has 1 aliphatic heterocycles. The molecule has 0 unspecified atom stereocenters. The fourth-order valence-corrected chi connectivity index (χ4v) is 4.30. The van der Waals surface area contributed by atoms with Crippen molar-refractivity contribution in [3.63, 3.8) is 0 Å². The van der Waals surface area contributed by atoms with Crippen LogP contribution in [0.1, 0.15) is 18.9 Å². The lowest BCUT2D eigenvalue weighted by Gasteiger charge is -2.30. The summed E-state index contributed by atoms with van der Waals surface area (Å²) in [6.45, 7) is 0.939. The molecule has 10 heteroatoms. The van der Waals surface area contributed by atoms with Crippen LogP contribution in [0.2, 0.25) is 0 Å². The van der Waals surface area contributed by atoms with Gasteiger partial charge in [0.15, 0.2) is 17.4 Å². The van der Waals surface area contributed by atoms with Crippen molar-refractivity contribution in [3.05, 3.63) is 28.1 Å². The first-order valence-electron chi connectivity index (χ1n) is 8.49. The van der Waals surface area contributed by atoms with Crippen LogP contribution in [0.5, 0.6) is 5.75 Å². The standard InChI is InChI=1S/C17H17F2N3O4S/c18-11-13(20)10-14(12(19)15(11)21-3-5-27-6-4-21)22(8-1-2-8)7-9(16(10)23)26-17(24)25/h7-8H,1-6,20H2,(H,24,25). The number of benzene rings is 1. The Morgan fingerprint density at radius 2 is 1.93 bits per heavy atom. The summed E-state index contributed by atoms with van der Waals surface area (Å²) in [7, 11) is 0. The number of rotatable bonds is 3. The van der Waals surface area contributed by atoms with Gasteiger partial charge in [-0.2, -0.15) is 11.8 Å². The number of nitrogen functional groups attached to an aromatic ring is 1. The lowest BCUT2D eigenvalue weighted by atomic mass is 10.1. The first kappa shape index (κ1) is 17.9. The minimum atomic E-state index is -1.68.